The third-order valence-corrected chi connectivity index (χ3v) is 6.00. The van der Waals surface area contributed by atoms with Gasteiger partial charge < -0.3 is 14.8 Å². The Morgan fingerprint density at radius 3 is 2.80 bits per heavy atom. The molecule has 0 unspecified atom stereocenters. The summed E-state index contributed by atoms with van der Waals surface area (Å²) in [6.07, 6.45) is 3.78. The van der Waals surface area contributed by atoms with Crippen molar-refractivity contribution >= 4 is 51.1 Å². The van der Waals surface area contributed by atoms with Crippen LogP contribution >= 0.6 is 22.9 Å². The number of anilines is 1. The summed E-state index contributed by atoms with van der Waals surface area (Å²) in [7, 11) is 3.23. The van der Waals surface area contributed by atoms with Crippen molar-refractivity contribution < 1.29 is 14.3 Å². The van der Waals surface area contributed by atoms with Crippen LogP contribution in [-0.4, -0.2) is 29.5 Å². The number of ether oxygens (including phenoxy) is 2. The van der Waals surface area contributed by atoms with Gasteiger partial charge in [-0.15, -0.1) is 11.3 Å². The number of fused-ring (bicyclic) bond motifs is 2. The lowest BCUT2D eigenvalue weighted by Crippen LogP contribution is -2.04. The van der Waals surface area contributed by atoms with Crippen LogP contribution in [0.1, 0.15) is 11.3 Å². The molecule has 5 rings (SSSR count). The van der Waals surface area contributed by atoms with E-state index in [2.05, 4.69) is 5.32 Å². The third-order valence-electron chi connectivity index (χ3n) is 5.01. The molecule has 0 bridgehead atoms. The van der Waals surface area contributed by atoms with Crippen molar-refractivity contribution in [1.82, 2.24) is 9.38 Å². The molecule has 1 aliphatic rings. The van der Waals surface area contributed by atoms with E-state index in [0.29, 0.717) is 27.8 Å². The van der Waals surface area contributed by atoms with Crippen molar-refractivity contribution in [2.24, 2.45) is 0 Å². The molecular weight excluding hydrogens is 422 g/mol. The van der Waals surface area contributed by atoms with Crippen LogP contribution in [0.4, 0.5) is 5.69 Å². The fourth-order valence-corrected chi connectivity index (χ4v) is 4.47. The van der Waals surface area contributed by atoms with Gasteiger partial charge in [0.25, 0.3) is 5.91 Å². The van der Waals surface area contributed by atoms with Gasteiger partial charge >= 0.3 is 0 Å². The molecule has 1 amide bonds. The molecule has 0 spiro atoms. The van der Waals surface area contributed by atoms with Crippen LogP contribution < -0.4 is 14.8 Å². The predicted molar refractivity (Wildman–Crippen MR) is 120 cm³/mol. The molecule has 0 saturated heterocycles. The van der Waals surface area contributed by atoms with Crippen LogP contribution in [0, 0.1) is 0 Å². The van der Waals surface area contributed by atoms with E-state index in [1.807, 2.05) is 40.3 Å². The molecule has 4 aromatic rings. The molecule has 1 aliphatic heterocycles. The van der Waals surface area contributed by atoms with Gasteiger partial charge in [-0.1, -0.05) is 11.6 Å². The minimum atomic E-state index is -0.180. The smallest absolute Gasteiger partial charge is 0.256 e. The topological polar surface area (TPSA) is 64.9 Å². The van der Waals surface area contributed by atoms with Gasteiger partial charge in [0, 0.05) is 33.4 Å². The summed E-state index contributed by atoms with van der Waals surface area (Å²) in [5.74, 6) is 1.18. The van der Waals surface area contributed by atoms with E-state index >= 15 is 0 Å². The fourth-order valence-electron chi connectivity index (χ4n) is 3.58. The summed E-state index contributed by atoms with van der Waals surface area (Å²) in [5.41, 5.74) is 4.29. The Hall–Kier alpha value is -3.29. The Balaban J connectivity index is 1.77. The fraction of sp³-hybridized carbons (Fsp3) is 0.0909. The molecule has 2 aromatic heterocycles. The van der Waals surface area contributed by atoms with Gasteiger partial charge in [-0.05, 0) is 42.5 Å². The minimum absolute atomic E-state index is 0.180. The van der Waals surface area contributed by atoms with Crippen molar-refractivity contribution in [3.63, 3.8) is 0 Å². The number of benzene rings is 2. The zero-order valence-electron chi connectivity index (χ0n) is 16.1. The quantitative estimate of drug-likeness (QED) is 0.444. The van der Waals surface area contributed by atoms with Gasteiger partial charge in [0.1, 0.15) is 17.2 Å². The average molecular weight is 438 g/mol. The first kappa shape index (κ1) is 18.7. The first-order chi connectivity index (χ1) is 14.6. The Kier molecular flexibility index (Phi) is 4.49. The standard InChI is InChI=1S/C22H16ClN3O3S/c1-28-13-4-6-19(29-2)16(10-13)20-18(26-7-8-30-22(26)25-20)11-15-14-9-12(23)3-5-17(14)24-21(15)27/h3-11H,1-2H3,(H,24,27)/b15-11+. The number of aromatic nitrogens is 2. The van der Waals surface area contributed by atoms with Gasteiger partial charge in [-0.25, -0.2) is 4.98 Å². The van der Waals surface area contributed by atoms with Crippen molar-refractivity contribution in [3.05, 3.63) is 64.3 Å². The van der Waals surface area contributed by atoms with Crippen LogP contribution in [0.15, 0.2) is 48.0 Å². The zero-order valence-corrected chi connectivity index (χ0v) is 17.7. The van der Waals surface area contributed by atoms with E-state index in [9.17, 15) is 4.79 Å². The van der Waals surface area contributed by atoms with E-state index in [4.69, 9.17) is 26.1 Å². The van der Waals surface area contributed by atoms with E-state index in [-0.39, 0.29) is 5.91 Å². The number of nitrogens with one attached hydrogen (secondary N) is 1. The first-order valence-corrected chi connectivity index (χ1v) is 10.4. The largest absolute Gasteiger partial charge is 0.497 e. The number of hydrogen-bond donors (Lipinski definition) is 1. The second-order valence-corrected chi connectivity index (χ2v) is 7.98. The monoisotopic (exact) mass is 437 g/mol. The van der Waals surface area contributed by atoms with Crippen LogP contribution in [0.2, 0.25) is 5.02 Å². The Morgan fingerprint density at radius 1 is 1.13 bits per heavy atom. The van der Waals surface area contributed by atoms with Gasteiger partial charge in [0.15, 0.2) is 4.96 Å². The number of thiazole rings is 1. The lowest BCUT2D eigenvalue weighted by Gasteiger charge is -2.10. The number of hydrogen-bond acceptors (Lipinski definition) is 5. The number of rotatable bonds is 4. The number of halogens is 1. The van der Waals surface area contributed by atoms with Gasteiger partial charge in [0.05, 0.1) is 25.5 Å². The molecule has 0 fully saturated rings. The summed E-state index contributed by atoms with van der Waals surface area (Å²) < 4.78 is 12.9. The van der Waals surface area contributed by atoms with E-state index < -0.39 is 0 Å². The number of nitrogens with zero attached hydrogens (tertiary/aromatic N) is 2. The van der Waals surface area contributed by atoms with Gasteiger partial charge in [-0.2, -0.15) is 0 Å². The van der Waals surface area contributed by atoms with Gasteiger partial charge in [-0.3, -0.25) is 9.20 Å². The second kappa shape index (κ2) is 7.19. The van der Waals surface area contributed by atoms with Crippen LogP contribution in [0.3, 0.4) is 0 Å². The lowest BCUT2D eigenvalue weighted by molar-refractivity contribution is -0.110. The number of carbonyl (C=O) groups excluding carboxylic acids is 1. The molecule has 0 radical (unpaired) electrons. The molecule has 3 heterocycles. The predicted octanol–water partition coefficient (Wildman–Crippen LogP) is 5.23. The normalized spacial score (nSPS) is 14.2. The summed E-state index contributed by atoms with van der Waals surface area (Å²) in [4.78, 5) is 18.3. The zero-order chi connectivity index (χ0) is 20.8. The Labute approximate surface area is 181 Å². The maximum Gasteiger partial charge on any atom is 0.256 e. The highest BCUT2D eigenvalue weighted by molar-refractivity contribution is 7.15. The third kappa shape index (κ3) is 2.94. The molecule has 0 atom stereocenters. The Bertz CT molecular complexity index is 1340. The van der Waals surface area contributed by atoms with Crippen LogP contribution in [0.25, 0.3) is 27.9 Å². The van der Waals surface area contributed by atoms with Gasteiger partial charge in [0.2, 0.25) is 0 Å². The van der Waals surface area contributed by atoms with E-state index in [0.717, 1.165) is 27.5 Å². The highest BCUT2D eigenvalue weighted by atomic mass is 35.5. The van der Waals surface area contributed by atoms with Crippen molar-refractivity contribution in [1.29, 1.82) is 0 Å². The average Bonchev–Trinajstić information content (AvgIpc) is 3.42. The summed E-state index contributed by atoms with van der Waals surface area (Å²) >= 11 is 7.70. The molecule has 150 valence electrons. The molecule has 8 heteroatoms. The molecule has 1 N–H and O–H groups in total. The molecule has 0 saturated carbocycles. The highest BCUT2D eigenvalue weighted by Crippen LogP contribution is 2.40. The van der Waals surface area contributed by atoms with Crippen LogP contribution in [-0.2, 0) is 4.79 Å². The summed E-state index contributed by atoms with van der Waals surface area (Å²) in [6, 6.07) is 10.9. The first-order valence-electron chi connectivity index (χ1n) is 9.10. The second-order valence-electron chi connectivity index (χ2n) is 6.67. The number of carbonyl (C=O) groups is 1. The Morgan fingerprint density at radius 2 is 2.00 bits per heavy atom. The number of imidazole rings is 1. The number of amides is 1. The SMILES string of the molecule is COc1ccc(OC)c(-c2nc3sccn3c2/C=C2/C(=O)Nc3ccc(Cl)cc32)c1. The van der Waals surface area contributed by atoms with Crippen molar-refractivity contribution in [3.8, 4) is 22.8 Å². The lowest BCUT2D eigenvalue weighted by atomic mass is 10.0. The molecule has 0 aliphatic carbocycles. The van der Waals surface area contributed by atoms with Crippen molar-refractivity contribution in [2.45, 2.75) is 0 Å². The summed E-state index contributed by atoms with van der Waals surface area (Å²) in [5, 5.41) is 5.42. The number of methoxy groups -OCH3 is 2. The minimum Gasteiger partial charge on any atom is -0.497 e. The van der Waals surface area contributed by atoms with Crippen molar-refractivity contribution in [2.75, 3.05) is 19.5 Å². The molecule has 30 heavy (non-hydrogen) atoms. The molecule has 2 aromatic carbocycles. The summed E-state index contributed by atoms with van der Waals surface area (Å²) in [6.45, 7) is 0. The highest BCUT2D eigenvalue weighted by Gasteiger charge is 2.26. The van der Waals surface area contributed by atoms with Crippen LogP contribution in [0.5, 0.6) is 11.5 Å². The molecule has 6 nitrogen and oxygen atoms in total. The maximum atomic E-state index is 12.7. The van der Waals surface area contributed by atoms with E-state index in [1.54, 1.807) is 32.4 Å². The van der Waals surface area contributed by atoms with E-state index in [1.165, 1.54) is 11.3 Å². The maximum absolute atomic E-state index is 12.7. The molecular formula is C22H16ClN3O3S.